The number of benzene rings is 1. The van der Waals surface area contributed by atoms with Crippen LogP contribution in [-0.2, 0) is 20.7 Å². The van der Waals surface area contributed by atoms with Gasteiger partial charge in [0.1, 0.15) is 11.8 Å². The minimum Gasteiger partial charge on any atom is -0.497 e. The van der Waals surface area contributed by atoms with Gasteiger partial charge in [-0.3, -0.25) is 4.79 Å². The highest BCUT2D eigenvalue weighted by Gasteiger charge is 2.39. The van der Waals surface area contributed by atoms with Crippen LogP contribution in [0.3, 0.4) is 0 Å². The number of amides is 1. The lowest BCUT2D eigenvalue weighted by Crippen LogP contribution is -2.45. The van der Waals surface area contributed by atoms with Gasteiger partial charge < -0.3 is 14.4 Å². The lowest BCUT2D eigenvalue weighted by Gasteiger charge is -2.29. The van der Waals surface area contributed by atoms with Crippen molar-refractivity contribution in [3.05, 3.63) is 29.8 Å². The molecule has 21 heavy (non-hydrogen) atoms. The zero-order valence-corrected chi connectivity index (χ0v) is 12.7. The highest BCUT2D eigenvalue weighted by Crippen LogP contribution is 2.25. The fourth-order valence-corrected chi connectivity index (χ4v) is 2.86. The molecule has 1 aliphatic rings. The predicted octanol–water partition coefficient (Wildman–Crippen LogP) is 1.79. The first-order valence-corrected chi connectivity index (χ1v) is 7.08. The van der Waals surface area contributed by atoms with Gasteiger partial charge in [0.05, 0.1) is 14.2 Å². The van der Waals surface area contributed by atoms with E-state index < -0.39 is 6.04 Å². The molecule has 0 radical (unpaired) electrons. The Morgan fingerprint density at radius 2 is 2.19 bits per heavy atom. The summed E-state index contributed by atoms with van der Waals surface area (Å²) in [4.78, 5) is 25.5. The van der Waals surface area contributed by atoms with Crippen LogP contribution < -0.4 is 4.74 Å². The highest BCUT2D eigenvalue weighted by molar-refractivity contribution is 5.88. The standard InChI is InChI=1S/C16H21NO4/c1-11(9-12-5-4-6-13(10-12)20-2)17-14(16(19)21-3)7-8-15(17)18/h4-6,10-11,14H,7-9H2,1-3H3. The van der Waals surface area contributed by atoms with E-state index in [0.29, 0.717) is 19.3 Å². The summed E-state index contributed by atoms with van der Waals surface area (Å²) in [7, 11) is 2.98. The van der Waals surface area contributed by atoms with Crippen molar-refractivity contribution in [2.24, 2.45) is 0 Å². The number of rotatable bonds is 5. The van der Waals surface area contributed by atoms with Crippen LogP contribution in [-0.4, -0.2) is 43.1 Å². The Hall–Kier alpha value is -2.04. The van der Waals surface area contributed by atoms with Crippen LogP contribution in [0, 0.1) is 0 Å². The number of esters is 1. The molecule has 1 aromatic carbocycles. The minimum absolute atomic E-state index is 0.0146. The molecule has 0 saturated carbocycles. The fourth-order valence-electron chi connectivity index (χ4n) is 2.86. The monoisotopic (exact) mass is 291 g/mol. The van der Waals surface area contributed by atoms with Gasteiger partial charge in [-0.05, 0) is 37.5 Å². The SMILES string of the molecule is COC(=O)C1CCC(=O)N1C(C)Cc1cccc(OC)c1. The molecule has 1 aromatic rings. The van der Waals surface area contributed by atoms with Crippen molar-refractivity contribution >= 4 is 11.9 Å². The van der Waals surface area contributed by atoms with E-state index in [2.05, 4.69) is 0 Å². The normalized spacial score (nSPS) is 19.5. The van der Waals surface area contributed by atoms with Gasteiger partial charge >= 0.3 is 5.97 Å². The first-order valence-electron chi connectivity index (χ1n) is 7.08. The Labute approximate surface area is 124 Å². The maximum absolute atomic E-state index is 12.1. The van der Waals surface area contributed by atoms with Crippen molar-refractivity contribution in [1.82, 2.24) is 4.90 Å². The van der Waals surface area contributed by atoms with E-state index in [1.54, 1.807) is 12.0 Å². The van der Waals surface area contributed by atoms with E-state index in [4.69, 9.17) is 9.47 Å². The second-order valence-corrected chi connectivity index (χ2v) is 5.28. The van der Waals surface area contributed by atoms with Crippen molar-refractivity contribution < 1.29 is 19.1 Å². The number of methoxy groups -OCH3 is 2. The number of nitrogens with zero attached hydrogens (tertiary/aromatic N) is 1. The fraction of sp³-hybridized carbons (Fsp3) is 0.500. The van der Waals surface area contributed by atoms with E-state index in [0.717, 1.165) is 11.3 Å². The van der Waals surface area contributed by atoms with Gasteiger partial charge in [-0.15, -0.1) is 0 Å². The zero-order chi connectivity index (χ0) is 15.4. The van der Waals surface area contributed by atoms with E-state index in [-0.39, 0.29) is 17.9 Å². The number of carbonyl (C=O) groups is 2. The Balaban J connectivity index is 2.11. The molecule has 0 N–H and O–H groups in total. The molecular formula is C16H21NO4. The maximum Gasteiger partial charge on any atom is 0.328 e. The van der Waals surface area contributed by atoms with Crippen molar-refractivity contribution in [2.45, 2.75) is 38.3 Å². The second kappa shape index (κ2) is 6.61. The first-order chi connectivity index (χ1) is 10.1. The van der Waals surface area contributed by atoms with Crippen LogP contribution in [0.5, 0.6) is 5.75 Å². The van der Waals surface area contributed by atoms with Crippen molar-refractivity contribution in [1.29, 1.82) is 0 Å². The van der Waals surface area contributed by atoms with Crippen molar-refractivity contribution in [3.63, 3.8) is 0 Å². The summed E-state index contributed by atoms with van der Waals surface area (Å²) >= 11 is 0. The molecule has 1 saturated heterocycles. The molecular weight excluding hydrogens is 270 g/mol. The van der Waals surface area contributed by atoms with Gasteiger partial charge in [0.25, 0.3) is 0 Å². The lowest BCUT2D eigenvalue weighted by atomic mass is 10.0. The third-order valence-electron chi connectivity index (χ3n) is 3.87. The quantitative estimate of drug-likeness (QED) is 0.776. The largest absolute Gasteiger partial charge is 0.497 e. The summed E-state index contributed by atoms with van der Waals surface area (Å²) in [6.07, 6.45) is 1.62. The number of hydrogen-bond acceptors (Lipinski definition) is 4. The molecule has 1 aliphatic heterocycles. The zero-order valence-electron chi connectivity index (χ0n) is 12.7. The minimum atomic E-state index is -0.455. The molecule has 1 amide bonds. The summed E-state index contributed by atoms with van der Waals surface area (Å²) in [5, 5.41) is 0. The molecule has 0 aliphatic carbocycles. The molecule has 0 spiro atoms. The number of carbonyl (C=O) groups excluding carboxylic acids is 2. The Morgan fingerprint density at radius 1 is 1.43 bits per heavy atom. The summed E-state index contributed by atoms with van der Waals surface area (Å²) < 4.78 is 10.0. The molecule has 2 unspecified atom stereocenters. The summed E-state index contributed by atoms with van der Waals surface area (Å²) in [6.45, 7) is 1.96. The van der Waals surface area contributed by atoms with Crippen molar-refractivity contribution in [3.8, 4) is 5.75 Å². The van der Waals surface area contributed by atoms with Gasteiger partial charge in [0.2, 0.25) is 5.91 Å². The average molecular weight is 291 g/mol. The molecule has 0 bridgehead atoms. The molecule has 2 atom stereocenters. The number of hydrogen-bond donors (Lipinski definition) is 0. The molecule has 114 valence electrons. The van der Waals surface area contributed by atoms with Crippen molar-refractivity contribution in [2.75, 3.05) is 14.2 Å². The summed E-state index contributed by atoms with van der Waals surface area (Å²) in [5.41, 5.74) is 1.07. The maximum atomic E-state index is 12.1. The third-order valence-corrected chi connectivity index (χ3v) is 3.87. The van der Waals surface area contributed by atoms with Crippen LogP contribution in [0.15, 0.2) is 24.3 Å². The highest BCUT2D eigenvalue weighted by atomic mass is 16.5. The van der Waals surface area contributed by atoms with E-state index in [9.17, 15) is 9.59 Å². The molecule has 5 heteroatoms. The Kier molecular flexibility index (Phi) is 4.83. The Bertz CT molecular complexity index is 529. The molecule has 1 fully saturated rings. The second-order valence-electron chi connectivity index (χ2n) is 5.28. The average Bonchev–Trinajstić information content (AvgIpc) is 2.88. The van der Waals surface area contributed by atoms with Crippen LogP contribution in [0.1, 0.15) is 25.3 Å². The predicted molar refractivity (Wildman–Crippen MR) is 78.0 cm³/mol. The summed E-state index contributed by atoms with van der Waals surface area (Å²) in [5.74, 6) is 0.469. The van der Waals surface area contributed by atoms with Gasteiger partial charge in [-0.2, -0.15) is 0 Å². The number of likely N-dealkylation sites (tertiary alicyclic amines) is 1. The topological polar surface area (TPSA) is 55.8 Å². The Morgan fingerprint density at radius 3 is 2.86 bits per heavy atom. The molecule has 2 rings (SSSR count). The smallest absolute Gasteiger partial charge is 0.328 e. The first kappa shape index (κ1) is 15.4. The van der Waals surface area contributed by atoms with Gasteiger partial charge in [-0.25, -0.2) is 4.79 Å². The molecule has 0 aromatic heterocycles. The van der Waals surface area contributed by atoms with E-state index in [1.165, 1.54) is 7.11 Å². The van der Waals surface area contributed by atoms with E-state index >= 15 is 0 Å². The summed E-state index contributed by atoms with van der Waals surface area (Å²) in [6, 6.07) is 7.23. The number of ether oxygens (including phenoxy) is 2. The van der Waals surface area contributed by atoms with Crippen LogP contribution in [0.25, 0.3) is 0 Å². The molecule has 1 heterocycles. The van der Waals surface area contributed by atoms with Gasteiger partial charge in [0, 0.05) is 12.5 Å². The van der Waals surface area contributed by atoms with Gasteiger partial charge in [-0.1, -0.05) is 12.1 Å². The van der Waals surface area contributed by atoms with E-state index in [1.807, 2.05) is 31.2 Å². The van der Waals surface area contributed by atoms with Crippen LogP contribution >= 0.6 is 0 Å². The third kappa shape index (κ3) is 3.35. The molecule has 5 nitrogen and oxygen atoms in total. The lowest BCUT2D eigenvalue weighted by molar-refractivity contribution is -0.150. The van der Waals surface area contributed by atoms with Crippen LogP contribution in [0.4, 0.5) is 0 Å². The van der Waals surface area contributed by atoms with Crippen LogP contribution in [0.2, 0.25) is 0 Å². The van der Waals surface area contributed by atoms with Gasteiger partial charge in [0.15, 0.2) is 0 Å².